The molecule has 0 aliphatic carbocycles. The van der Waals surface area contributed by atoms with Gasteiger partial charge in [-0.05, 0) is 23.8 Å². The normalized spacial score (nSPS) is 11.3. The maximum Gasteiger partial charge on any atom is 0.416 e. The first kappa shape index (κ1) is 12.5. The van der Waals surface area contributed by atoms with Gasteiger partial charge < -0.3 is 4.74 Å². The molecule has 1 nitrogen and oxygen atoms in total. The molecule has 0 bridgehead atoms. The summed E-state index contributed by atoms with van der Waals surface area (Å²) in [7, 11) is 3.29. The van der Waals surface area contributed by atoms with E-state index in [1.807, 2.05) is 0 Å². The summed E-state index contributed by atoms with van der Waals surface area (Å²) in [5.74, 6) is 0.442. The van der Waals surface area contributed by atoms with Gasteiger partial charge in [-0.3, -0.25) is 0 Å². The lowest BCUT2D eigenvalue weighted by atomic mass is 10.0. The minimum atomic E-state index is -4.35. The average Bonchev–Trinajstić information content (AvgIpc) is 2.38. The van der Waals surface area contributed by atoms with Crippen LogP contribution in [0.15, 0.2) is 48.5 Å². The molecule has 0 aromatic heterocycles. The number of ether oxygens (including phenoxy) is 1. The molecule has 93 valence electrons. The van der Waals surface area contributed by atoms with Gasteiger partial charge in [0.2, 0.25) is 0 Å². The van der Waals surface area contributed by atoms with E-state index in [-0.39, 0.29) is 0 Å². The molecule has 0 saturated carbocycles. The van der Waals surface area contributed by atoms with Crippen molar-refractivity contribution in [2.75, 3.05) is 0 Å². The Bertz CT molecular complexity index is 547. The van der Waals surface area contributed by atoms with Gasteiger partial charge in [0.1, 0.15) is 12.9 Å². The first-order valence-corrected chi connectivity index (χ1v) is 5.21. The van der Waals surface area contributed by atoms with Crippen LogP contribution in [-0.4, -0.2) is 0 Å². The van der Waals surface area contributed by atoms with Crippen molar-refractivity contribution in [2.45, 2.75) is 6.18 Å². The molecule has 2 aromatic carbocycles. The summed E-state index contributed by atoms with van der Waals surface area (Å²) in [5, 5.41) is 0. The van der Waals surface area contributed by atoms with Crippen LogP contribution < -0.4 is 4.74 Å². The molecular formula is C14H10F3O. The van der Waals surface area contributed by atoms with Crippen LogP contribution >= 0.6 is 0 Å². The quantitative estimate of drug-likeness (QED) is 0.761. The maximum atomic E-state index is 12.6. The Balaban J connectivity index is 2.51. The highest BCUT2D eigenvalue weighted by molar-refractivity contribution is 5.71. The Morgan fingerprint density at radius 2 is 1.67 bits per heavy atom. The van der Waals surface area contributed by atoms with Crippen LogP contribution in [0.2, 0.25) is 0 Å². The van der Waals surface area contributed by atoms with E-state index in [1.54, 1.807) is 30.3 Å². The zero-order valence-corrected chi connectivity index (χ0v) is 9.37. The number of halogens is 3. The smallest absolute Gasteiger partial charge is 0.416 e. The van der Waals surface area contributed by atoms with E-state index < -0.39 is 11.7 Å². The van der Waals surface area contributed by atoms with Crippen molar-refractivity contribution >= 4 is 0 Å². The minimum absolute atomic E-state index is 0.442. The van der Waals surface area contributed by atoms with E-state index >= 15 is 0 Å². The van der Waals surface area contributed by atoms with Crippen molar-refractivity contribution in [2.24, 2.45) is 0 Å². The monoisotopic (exact) mass is 251 g/mol. The highest BCUT2D eigenvalue weighted by Gasteiger charge is 2.30. The molecule has 0 spiro atoms. The van der Waals surface area contributed by atoms with E-state index in [4.69, 9.17) is 4.74 Å². The zero-order valence-electron chi connectivity index (χ0n) is 9.37. The Morgan fingerprint density at radius 3 is 2.33 bits per heavy atom. The highest BCUT2D eigenvalue weighted by atomic mass is 19.4. The summed E-state index contributed by atoms with van der Waals surface area (Å²) < 4.78 is 42.8. The molecule has 0 N–H and O–H groups in total. The van der Waals surface area contributed by atoms with Crippen molar-refractivity contribution < 1.29 is 17.9 Å². The molecule has 0 amide bonds. The molecule has 0 atom stereocenters. The number of hydrogen-bond acceptors (Lipinski definition) is 1. The lowest BCUT2D eigenvalue weighted by molar-refractivity contribution is -0.137. The van der Waals surface area contributed by atoms with E-state index in [2.05, 4.69) is 7.11 Å². The van der Waals surface area contributed by atoms with Gasteiger partial charge >= 0.3 is 6.18 Å². The predicted octanol–water partition coefficient (Wildman–Crippen LogP) is 4.54. The van der Waals surface area contributed by atoms with E-state index in [0.717, 1.165) is 12.1 Å². The van der Waals surface area contributed by atoms with Gasteiger partial charge in [-0.2, -0.15) is 13.2 Å². The Morgan fingerprint density at radius 1 is 0.944 bits per heavy atom. The molecule has 0 aliphatic rings. The molecule has 0 saturated heterocycles. The SMILES string of the molecule is [CH2]Oc1ccccc1-c1cccc(C(F)(F)F)c1. The molecule has 0 unspecified atom stereocenters. The summed E-state index contributed by atoms with van der Waals surface area (Å²) in [6.07, 6.45) is -4.35. The molecule has 0 aliphatic heterocycles. The molecule has 0 fully saturated rings. The first-order valence-electron chi connectivity index (χ1n) is 5.21. The van der Waals surface area contributed by atoms with Gasteiger partial charge in [0.05, 0.1) is 5.56 Å². The Labute approximate surface area is 103 Å². The van der Waals surface area contributed by atoms with Gasteiger partial charge in [-0.15, -0.1) is 0 Å². The minimum Gasteiger partial charge on any atom is -0.489 e. The third-order valence-electron chi connectivity index (χ3n) is 2.54. The first-order chi connectivity index (χ1) is 8.52. The zero-order chi connectivity index (χ0) is 13.2. The molecule has 2 aromatic rings. The van der Waals surface area contributed by atoms with Crippen molar-refractivity contribution in [1.82, 2.24) is 0 Å². The highest BCUT2D eigenvalue weighted by Crippen LogP contribution is 2.35. The fraction of sp³-hybridized carbons (Fsp3) is 0.0714. The van der Waals surface area contributed by atoms with Crippen molar-refractivity contribution in [3.05, 3.63) is 61.2 Å². The second-order valence-electron chi connectivity index (χ2n) is 3.72. The van der Waals surface area contributed by atoms with E-state index in [0.29, 0.717) is 16.9 Å². The van der Waals surface area contributed by atoms with Crippen LogP contribution in [0.5, 0.6) is 5.75 Å². The van der Waals surface area contributed by atoms with Crippen LogP contribution in [0.3, 0.4) is 0 Å². The fourth-order valence-corrected chi connectivity index (χ4v) is 1.69. The van der Waals surface area contributed by atoms with Crippen LogP contribution in [0, 0.1) is 7.11 Å². The van der Waals surface area contributed by atoms with E-state index in [9.17, 15) is 13.2 Å². The molecular weight excluding hydrogens is 241 g/mol. The molecule has 1 radical (unpaired) electrons. The van der Waals surface area contributed by atoms with Crippen LogP contribution in [0.1, 0.15) is 5.56 Å². The molecule has 4 heteroatoms. The topological polar surface area (TPSA) is 9.23 Å². The lowest BCUT2D eigenvalue weighted by Gasteiger charge is -2.11. The number of para-hydroxylation sites is 1. The van der Waals surface area contributed by atoms with E-state index in [1.165, 1.54) is 6.07 Å². The third kappa shape index (κ3) is 2.47. The van der Waals surface area contributed by atoms with Crippen LogP contribution in [-0.2, 0) is 6.18 Å². The summed E-state index contributed by atoms with van der Waals surface area (Å²) in [6.45, 7) is 0. The largest absolute Gasteiger partial charge is 0.489 e. The van der Waals surface area contributed by atoms with Crippen molar-refractivity contribution in [3.8, 4) is 16.9 Å². The van der Waals surface area contributed by atoms with Crippen molar-refractivity contribution in [1.29, 1.82) is 0 Å². The van der Waals surface area contributed by atoms with Crippen LogP contribution in [0.25, 0.3) is 11.1 Å². The van der Waals surface area contributed by atoms with Crippen LogP contribution in [0.4, 0.5) is 13.2 Å². The Hall–Kier alpha value is -1.97. The van der Waals surface area contributed by atoms with Gasteiger partial charge in [0.15, 0.2) is 0 Å². The second kappa shape index (κ2) is 4.72. The van der Waals surface area contributed by atoms with Gasteiger partial charge in [-0.1, -0.05) is 30.3 Å². The summed E-state index contributed by atoms with van der Waals surface area (Å²) in [6, 6.07) is 11.9. The number of benzene rings is 2. The molecule has 18 heavy (non-hydrogen) atoms. The molecule has 0 heterocycles. The predicted molar refractivity (Wildman–Crippen MR) is 62.9 cm³/mol. The third-order valence-corrected chi connectivity index (χ3v) is 2.54. The Kier molecular flexibility index (Phi) is 3.28. The standard InChI is InChI=1S/C14H10F3O/c1-18-13-8-3-2-7-12(13)10-5-4-6-11(9-10)14(15,16)17/h2-9H,1H2. The maximum absolute atomic E-state index is 12.6. The van der Waals surface area contributed by atoms with Crippen molar-refractivity contribution in [3.63, 3.8) is 0 Å². The van der Waals surface area contributed by atoms with Gasteiger partial charge in [0, 0.05) is 5.56 Å². The van der Waals surface area contributed by atoms with Gasteiger partial charge in [0.25, 0.3) is 0 Å². The molecule has 2 rings (SSSR count). The second-order valence-corrected chi connectivity index (χ2v) is 3.72. The fourth-order valence-electron chi connectivity index (χ4n) is 1.69. The van der Waals surface area contributed by atoms with Gasteiger partial charge in [-0.25, -0.2) is 0 Å². The summed E-state index contributed by atoms with van der Waals surface area (Å²) in [4.78, 5) is 0. The number of hydrogen-bond donors (Lipinski definition) is 0. The lowest BCUT2D eigenvalue weighted by Crippen LogP contribution is -2.04. The summed E-state index contributed by atoms with van der Waals surface area (Å²) in [5.41, 5.74) is 0.349. The summed E-state index contributed by atoms with van der Waals surface area (Å²) >= 11 is 0. The number of rotatable bonds is 2. The number of alkyl halides is 3. The average molecular weight is 251 g/mol.